The van der Waals surface area contributed by atoms with Crippen LogP contribution in [0.1, 0.15) is 32.6 Å². The molecule has 1 aromatic rings. The number of hydrogen-bond acceptors (Lipinski definition) is 4. The number of hydrogen-bond donors (Lipinski definition) is 1. The minimum absolute atomic E-state index is 0.0593. The van der Waals surface area contributed by atoms with Crippen LogP contribution >= 0.6 is 0 Å². The number of nitrogens with zero attached hydrogens (tertiary/aromatic N) is 3. The molecule has 132 valence electrons. The fourth-order valence-corrected chi connectivity index (χ4v) is 3.49. The lowest BCUT2D eigenvalue weighted by molar-refractivity contribution is 0.109. The SMILES string of the molecule is CC(CN1CCCC1)NC(=O)N1CCC(Oc2ccncc2)CC1. The molecule has 1 aromatic heterocycles. The van der Waals surface area contributed by atoms with Crippen molar-refractivity contribution in [3.63, 3.8) is 0 Å². The first-order valence-electron chi connectivity index (χ1n) is 9.05. The van der Waals surface area contributed by atoms with Crippen LogP contribution in [-0.4, -0.2) is 65.7 Å². The quantitative estimate of drug-likeness (QED) is 0.897. The molecule has 2 saturated heterocycles. The van der Waals surface area contributed by atoms with Gasteiger partial charge in [0.25, 0.3) is 0 Å². The Labute approximate surface area is 144 Å². The molecule has 3 heterocycles. The maximum absolute atomic E-state index is 12.4. The molecule has 2 amide bonds. The Hall–Kier alpha value is -1.82. The van der Waals surface area contributed by atoms with Crippen molar-refractivity contribution in [1.29, 1.82) is 0 Å². The summed E-state index contributed by atoms with van der Waals surface area (Å²) < 4.78 is 5.95. The fourth-order valence-electron chi connectivity index (χ4n) is 3.49. The van der Waals surface area contributed by atoms with Gasteiger partial charge in [-0.2, -0.15) is 0 Å². The summed E-state index contributed by atoms with van der Waals surface area (Å²) in [6.45, 7) is 6.87. The van der Waals surface area contributed by atoms with Gasteiger partial charge in [0, 0.05) is 50.9 Å². The van der Waals surface area contributed by atoms with E-state index >= 15 is 0 Å². The first kappa shape index (κ1) is 17.0. The van der Waals surface area contributed by atoms with Crippen LogP contribution in [0.3, 0.4) is 0 Å². The normalized spacial score (nSPS) is 20.8. The Kier molecular flexibility index (Phi) is 5.91. The molecule has 2 aliphatic heterocycles. The highest BCUT2D eigenvalue weighted by atomic mass is 16.5. The summed E-state index contributed by atoms with van der Waals surface area (Å²) in [5, 5.41) is 3.14. The van der Waals surface area contributed by atoms with Crippen LogP contribution in [0.5, 0.6) is 5.75 Å². The monoisotopic (exact) mass is 332 g/mol. The molecule has 1 unspecified atom stereocenters. The molecule has 2 fully saturated rings. The minimum Gasteiger partial charge on any atom is -0.490 e. The molecule has 3 rings (SSSR count). The maximum atomic E-state index is 12.4. The van der Waals surface area contributed by atoms with Gasteiger partial charge >= 0.3 is 6.03 Å². The molecule has 1 atom stereocenters. The van der Waals surface area contributed by atoms with E-state index in [0.29, 0.717) is 0 Å². The van der Waals surface area contributed by atoms with Crippen molar-refractivity contribution < 1.29 is 9.53 Å². The van der Waals surface area contributed by atoms with Crippen molar-refractivity contribution in [2.75, 3.05) is 32.7 Å². The molecular formula is C18H28N4O2. The second kappa shape index (κ2) is 8.33. The summed E-state index contributed by atoms with van der Waals surface area (Å²) in [6, 6.07) is 4.00. The van der Waals surface area contributed by atoms with E-state index in [0.717, 1.165) is 51.3 Å². The van der Waals surface area contributed by atoms with Crippen molar-refractivity contribution in [2.24, 2.45) is 0 Å². The molecule has 0 aromatic carbocycles. The van der Waals surface area contributed by atoms with Crippen LogP contribution in [0.25, 0.3) is 0 Å². The number of piperidine rings is 1. The number of likely N-dealkylation sites (tertiary alicyclic amines) is 2. The minimum atomic E-state index is 0.0593. The molecule has 2 aliphatic rings. The number of amides is 2. The zero-order valence-electron chi connectivity index (χ0n) is 14.5. The Morgan fingerprint density at radius 3 is 2.58 bits per heavy atom. The van der Waals surface area contributed by atoms with Crippen LogP contribution in [0.15, 0.2) is 24.5 Å². The number of rotatable bonds is 5. The third kappa shape index (κ3) is 4.84. The topological polar surface area (TPSA) is 57.7 Å². The van der Waals surface area contributed by atoms with Crippen LogP contribution in [0.4, 0.5) is 4.79 Å². The summed E-state index contributed by atoms with van der Waals surface area (Å²) in [5.41, 5.74) is 0. The van der Waals surface area contributed by atoms with E-state index in [1.165, 1.54) is 12.8 Å². The van der Waals surface area contributed by atoms with Crippen molar-refractivity contribution in [2.45, 2.75) is 44.8 Å². The molecule has 0 spiro atoms. The summed E-state index contributed by atoms with van der Waals surface area (Å²) in [7, 11) is 0. The third-order valence-electron chi connectivity index (χ3n) is 4.78. The van der Waals surface area contributed by atoms with E-state index in [-0.39, 0.29) is 18.2 Å². The lowest BCUT2D eigenvalue weighted by atomic mass is 10.1. The Balaban J connectivity index is 1.38. The fraction of sp³-hybridized carbons (Fsp3) is 0.667. The van der Waals surface area contributed by atoms with E-state index < -0.39 is 0 Å². The van der Waals surface area contributed by atoms with Crippen LogP contribution in [-0.2, 0) is 0 Å². The standard InChI is InChI=1S/C18H28N4O2/c1-15(14-21-10-2-3-11-21)20-18(23)22-12-6-17(7-13-22)24-16-4-8-19-9-5-16/h4-5,8-9,15,17H,2-3,6-7,10-14H2,1H3,(H,20,23). The lowest BCUT2D eigenvalue weighted by Gasteiger charge is -2.33. The third-order valence-corrected chi connectivity index (χ3v) is 4.78. The average molecular weight is 332 g/mol. The van der Waals surface area contributed by atoms with Gasteiger partial charge < -0.3 is 19.9 Å². The van der Waals surface area contributed by atoms with Gasteiger partial charge in [-0.25, -0.2) is 4.79 Å². The van der Waals surface area contributed by atoms with Gasteiger partial charge in [0.2, 0.25) is 0 Å². The maximum Gasteiger partial charge on any atom is 0.317 e. The molecule has 6 nitrogen and oxygen atoms in total. The number of nitrogens with one attached hydrogen (secondary N) is 1. The van der Waals surface area contributed by atoms with Crippen LogP contribution < -0.4 is 10.1 Å². The molecular weight excluding hydrogens is 304 g/mol. The predicted molar refractivity (Wildman–Crippen MR) is 93.1 cm³/mol. The molecule has 0 aliphatic carbocycles. The van der Waals surface area contributed by atoms with Crippen LogP contribution in [0, 0.1) is 0 Å². The molecule has 0 bridgehead atoms. The second-order valence-corrected chi connectivity index (χ2v) is 6.85. The van der Waals surface area contributed by atoms with Gasteiger partial charge in [0.05, 0.1) is 0 Å². The Morgan fingerprint density at radius 2 is 1.92 bits per heavy atom. The second-order valence-electron chi connectivity index (χ2n) is 6.85. The molecule has 6 heteroatoms. The van der Waals surface area contributed by atoms with Crippen molar-refractivity contribution in [1.82, 2.24) is 20.1 Å². The highest BCUT2D eigenvalue weighted by molar-refractivity contribution is 5.74. The molecule has 24 heavy (non-hydrogen) atoms. The van der Waals surface area contributed by atoms with Gasteiger partial charge in [0.1, 0.15) is 11.9 Å². The zero-order valence-corrected chi connectivity index (χ0v) is 14.5. The number of carbonyl (C=O) groups excluding carboxylic acids is 1. The largest absolute Gasteiger partial charge is 0.490 e. The van der Waals surface area contributed by atoms with Crippen molar-refractivity contribution in [3.8, 4) is 5.75 Å². The van der Waals surface area contributed by atoms with Gasteiger partial charge in [0.15, 0.2) is 0 Å². The number of carbonyl (C=O) groups is 1. The number of pyridine rings is 1. The molecule has 0 saturated carbocycles. The first-order valence-corrected chi connectivity index (χ1v) is 9.05. The van der Waals surface area contributed by atoms with E-state index in [1.807, 2.05) is 17.0 Å². The molecule has 0 radical (unpaired) electrons. The smallest absolute Gasteiger partial charge is 0.317 e. The van der Waals surface area contributed by atoms with Crippen molar-refractivity contribution >= 4 is 6.03 Å². The van der Waals surface area contributed by atoms with E-state index in [2.05, 4.69) is 22.1 Å². The highest BCUT2D eigenvalue weighted by Gasteiger charge is 2.25. The lowest BCUT2D eigenvalue weighted by Crippen LogP contribution is -2.50. The average Bonchev–Trinajstić information content (AvgIpc) is 3.09. The van der Waals surface area contributed by atoms with Crippen LogP contribution in [0.2, 0.25) is 0 Å². The van der Waals surface area contributed by atoms with Gasteiger partial charge in [-0.3, -0.25) is 4.98 Å². The van der Waals surface area contributed by atoms with E-state index in [4.69, 9.17) is 4.74 Å². The first-order chi connectivity index (χ1) is 11.7. The predicted octanol–water partition coefficient (Wildman–Crippen LogP) is 2.12. The summed E-state index contributed by atoms with van der Waals surface area (Å²) in [5.74, 6) is 0.854. The van der Waals surface area contributed by atoms with Crippen molar-refractivity contribution in [3.05, 3.63) is 24.5 Å². The van der Waals surface area contributed by atoms with Gasteiger partial charge in [-0.15, -0.1) is 0 Å². The van der Waals surface area contributed by atoms with E-state index in [1.54, 1.807) is 12.4 Å². The Morgan fingerprint density at radius 1 is 1.25 bits per heavy atom. The summed E-state index contributed by atoms with van der Waals surface area (Å²) in [6.07, 6.45) is 7.96. The number of ether oxygens (including phenoxy) is 1. The van der Waals surface area contributed by atoms with E-state index in [9.17, 15) is 4.79 Å². The number of aromatic nitrogens is 1. The highest BCUT2D eigenvalue weighted by Crippen LogP contribution is 2.18. The van der Waals surface area contributed by atoms with Gasteiger partial charge in [-0.05, 0) is 45.0 Å². The van der Waals surface area contributed by atoms with Gasteiger partial charge in [-0.1, -0.05) is 0 Å². The zero-order chi connectivity index (χ0) is 16.8. The summed E-state index contributed by atoms with van der Waals surface area (Å²) in [4.78, 5) is 20.7. The molecule has 1 N–H and O–H groups in total. The number of urea groups is 1. The summed E-state index contributed by atoms with van der Waals surface area (Å²) >= 11 is 0. The Bertz CT molecular complexity index is 511.